The summed E-state index contributed by atoms with van der Waals surface area (Å²) in [6.45, 7) is 12.7. The summed E-state index contributed by atoms with van der Waals surface area (Å²) < 4.78 is 39.7. The molecule has 8 atom stereocenters. The molecule has 2 fully saturated rings. The first-order valence-electron chi connectivity index (χ1n) is 10.1. The van der Waals surface area contributed by atoms with Gasteiger partial charge in [-0.25, -0.2) is 0 Å². The fourth-order valence-electron chi connectivity index (χ4n) is 3.75. The van der Waals surface area contributed by atoms with Crippen molar-refractivity contribution in [3.8, 4) is 0 Å². The maximum atomic E-state index is 12.4. The van der Waals surface area contributed by atoms with Crippen LogP contribution in [-0.4, -0.2) is 54.4 Å². The molecule has 0 amide bonds. The quantitative estimate of drug-likeness (QED) is 0.266. The molecule has 30 heavy (non-hydrogen) atoms. The molecular formula is C19H35O8PW2-2. The molecule has 0 bridgehead atoms. The summed E-state index contributed by atoms with van der Waals surface area (Å²) in [7, 11) is -4.62. The third-order valence-corrected chi connectivity index (χ3v) is 5.99. The zero-order chi connectivity index (χ0) is 21.1. The maximum absolute atomic E-state index is 12.4. The van der Waals surface area contributed by atoms with Crippen molar-refractivity contribution in [2.24, 2.45) is 11.8 Å². The molecule has 0 radical (unpaired) electrons. The zero-order valence-electron chi connectivity index (χ0n) is 18.5. The van der Waals surface area contributed by atoms with Crippen molar-refractivity contribution in [2.75, 3.05) is 6.61 Å². The van der Waals surface area contributed by atoms with Crippen molar-refractivity contribution in [3.63, 3.8) is 0 Å². The number of hydrogen-bond acceptors (Lipinski definition) is 8. The van der Waals surface area contributed by atoms with Crippen LogP contribution in [0.2, 0.25) is 0 Å². The molecule has 2 rings (SSSR count). The number of ether oxygens (including phenoxy) is 3. The predicted octanol–water partition coefficient (Wildman–Crippen LogP) is 2.43. The fourth-order valence-corrected chi connectivity index (χ4v) is 4.65. The summed E-state index contributed by atoms with van der Waals surface area (Å²) in [5.74, 6) is -0.513. The maximum Gasteiger partial charge on any atom is 0.237 e. The molecule has 0 spiro atoms. The van der Waals surface area contributed by atoms with Crippen molar-refractivity contribution in [1.29, 1.82) is 0 Å². The summed E-state index contributed by atoms with van der Waals surface area (Å²) in [5, 5.41) is 10.4. The van der Waals surface area contributed by atoms with Gasteiger partial charge in [0.2, 0.25) is 7.82 Å². The van der Waals surface area contributed by atoms with Gasteiger partial charge in [-0.2, -0.15) is 6.61 Å². The SMILES string of the molecule is CC(C)OC[C@@H]1C(OP(=O)([O-])O[CH-][C@H]2O[C@@H](C)CC2OC(C)C)C[C@H](C)C1O.[W].[W]. The van der Waals surface area contributed by atoms with Gasteiger partial charge in [0.1, 0.15) is 0 Å². The van der Waals surface area contributed by atoms with E-state index in [1.165, 1.54) is 0 Å². The summed E-state index contributed by atoms with van der Waals surface area (Å²) in [4.78, 5) is 12.4. The molecule has 8 nitrogen and oxygen atoms in total. The Balaban J connectivity index is 0.00000420. The molecule has 4 unspecified atom stereocenters. The van der Waals surface area contributed by atoms with Gasteiger partial charge >= 0.3 is 0 Å². The average Bonchev–Trinajstić information content (AvgIpc) is 3.02. The Labute approximate surface area is 209 Å². The number of aliphatic hydroxyl groups is 1. The van der Waals surface area contributed by atoms with Crippen molar-refractivity contribution >= 4 is 7.82 Å². The molecule has 1 aliphatic carbocycles. The summed E-state index contributed by atoms with van der Waals surface area (Å²) >= 11 is 0. The predicted molar refractivity (Wildman–Crippen MR) is 101 cm³/mol. The van der Waals surface area contributed by atoms with E-state index >= 15 is 0 Å². The van der Waals surface area contributed by atoms with Crippen LogP contribution in [0.3, 0.4) is 0 Å². The van der Waals surface area contributed by atoms with Gasteiger partial charge in [0.15, 0.2) is 0 Å². The van der Waals surface area contributed by atoms with Crippen LogP contribution in [0.15, 0.2) is 0 Å². The first-order chi connectivity index (χ1) is 13.0. The van der Waals surface area contributed by atoms with Crippen LogP contribution in [0, 0.1) is 18.4 Å². The Hall–Kier alpha value is 1.33. The summed E-state index contributed by atoms with van der Waals surface area (Å²) in [5.41, 5.74) is 0. The molecule has 1 heterocycles. The van der Waals surface area contributed by atoms with Gasteiger partial charge in [-0.1, -0.05) is 6.92 Å². The van der Waals surface area contributed by atoms with E-state index < -0.39 is 32.1 Å². The van der Waals surface area contributed by atoms with Crippen LogP contribution >= 0.6 is 7.82 Å². The van der Waals surface area contributed by atoms with Crippen molar-refractivity contribution in [2.45, 2.75) is 97.1 Å². The van der Waals surface area contributed by atoms with Gasteiger partial charge < -0.3 is 33.3 Å². The monoisotopic (exact) mass is 790 g/mol. The zero-order valence-corrected chi connectivity index (χ0v) is 25.2. The van der Waals surface area contributed by atoms with Crippen LogP contribution in [0.4, 0.5) is 0 Å². The number of phosphoric ester groups is 1. The van der Waals surface area contributed by atoms with E-state index in [4.69, 9.17) is 23.3 Å². The first kappa shape index (κ1) is 31.3. The molecule has 1 saturated heterocycles. The van der Waals surface area contributed by atoms with Gasteiger partial charge in [0.25, 0.3) is 0 Å². The Kier molecular flexibility index (Phi) is 14.5. The summed E-state index contributed by atoms with van der Waals surface area (Å²) in [6, 6.07) is 0. The van der Waals surface area contributed by atoms with E-state index in [0.29, 0.717) is 12.8 Å². The van der Waals surface area contributed by atoms with Crippen LogP contribution in [-0.2, 0) is 70.0 Å². The Morgan fingerprint density at radius 3 is 2.33 bits per heavy atom. The topological polar surface area (TPSA) is 107 Å². The molecule has 0 aromatic rings. The van der Waals surface area contributed by atoms with Gasteiger partial charge in [-0.3, -0.25) is 4.57 Å². The minimum Gasteiger partial charge on any atom is -0.758 e. The first-order valence-corrected chi connectivity index (χ1v) is 11.6. The fraction of sp³-hybridized carbons (Fsp3) is 0.947. The average molecular weight is 790 g/mol. The smallest absolute Gasteiger partial charge is 0.237 e. The summed E-state index contributed by atoms with van der Waals surface area (Å²) in [6.07, 6.45) is -1.23. The second kappa shape index (κ2) is 13.9. The largest absolute Gasteiger partial charge is 0.758 e. The molecule has 178 valence electrons. The van der Waals surface area contributed by atoms with Gasteiger partial charge in [0, 0.05) is 48.0 Å². The molecule has 0 aromatic heterocycles. The van der Waals surface area contributed by atoms with E-state index in [0.717, 1.165) is 6.61 Å². The molecule has 1 saturated carbocycles. The van der Waals surface area contributed by atoms with Gasteiger partial charge in [-0.15, -0.1) is 0 Å². The van der Waals surface area contributed by atoms with Crippen molar-refractivity contribution in [3.05, 3.63) is 6.61 Å². The van der Waals surface area contributed by atoms with E-state index in [9.17, 15) is 14.6 Å². The Bertz CT molecular complexity index is 539. The Morgan fingerprint density at radius 1 is 1.13 bits per heavy atom. The third-order valence-electron chi connectivity index (χ3n) is 5.08. The Morgan fingerprint density at radius 2 is 1.77 bits per heavy atom. The van der Waals surface area contributed by atoms with Crippen LogP contribution in [0.1, 0.15) is 54.4 Å². The third kappa shape index (κ3) is 9.67. The van der Waals surface area contributed by atoms with Crippen LogP contribution < -0.4 is 4.89 Å². The van der Waals surface area contributed by atoms with E-state index in [-0.39, 0.29) is 79.1 Å². The molecule has 11 heteroatoms. The number of phosphoric acid groups is 1. The van der Waals surface area contributed by atoms with Crippen LogP contribution in [0.5, 0.6) is 0 Å². The molecular weight excluding hydrogens is 755 g/mol. The number of aliphatic hydroxyl groups excluding tert-OH is 1. The second-order valence-electron chi connectivity index (χ2n) is 8.45. The van der Waals surface area contributed by atoms with E-state index in [1.807, 2.05) is 41.5 Å². The van der Waals surface area contributed by atoms with Gasteiger partial charge in [-0.05, 0) is 59.5 Å². The molecule has 1 aliphatic heterocycles. The van der Waals surface area contributed by atoms with E-state index in [2.05, 4.69) is 0 Å². The second-order valence-corrected chi connectivity index (χ2v) is 9.77. The molecule has 1 N–H and O–H groups in total. The minimum atomic E-state index is -4.62. The molecule has 0 aromatic carbocycles. The van der Waals surface area contributed by atoms with Crippen molar-refractivity contribution in [1.82, 2.24) is 0 Å². The van der Waals surface area contributed by atoms with Crippen molar-refractivity contribution < 1.29 is 80.0 Å². The number of rotatable bonds is 10. The van der Waals surface area contributed by atoms with Crippen LogP contribution in [0.25, 0.3) is 0 Å². The number of hydrogen-bond donors (Lipinski definition) is 1. The van der Waals surface area contributed by atoms with E-state index in [1.54, 1.807) is 0 Å². The standard InChI is InChI=1S/C19H36O8P.2W/c1-11(2)23-9-15-16(7-13(5)19(15)20)27-28(21,22)24-10-18-17(25-12(3)4)8-14(6)26-18;;/h10-20H,7-9H2,1-6H3,(H,21,22);;/q-1;;/p-1/t13-,14-,15+,16?,17?,18+,19?;;/m0../s1. The normalized spacial score (nSPS) is 35.9. The molecule has 2 aliphatic rings. The van der Waals surface area contributed by atoms with Gasteiger partial charge in [0.05, 0.1) is 43.2 Å². The minimum absolute atomic E-state index is 0.